The highest BCUT2D eigenvalue weighted by Crippen LogP contribution is 2.37. The molecule has 224 valence electrons. The van der Waals surface area contributed by atoms with Gasteiger partial charge in [-0.1, -0.05) is 37.8 Å². The Morgan fingerprint density at radius 3 is 2.31 bits per heavy atom. The minimum absolute atomic E-state index is 0.0681. The first kappa shape index (κ1) is 31.1. The van der Waals surface area contributed by atoms with Gasteiger partial charge >= 0.3 is 6.18 Å². The number of nitrogens with zero attached hydrogens (tertiary/aromatic N) is 3. The smallest absolute Gasteiger partial charge is 0.420 e. The Hall–Kier alpha value is -3.81. The topological polar surface area (TPSA) is 70.8 Å². The highest BCUT2D eigenvalue weighted by atomic mass is 19.4. The second kappa shape index (κ2) is 13.4. The normalized spacial score (nSPS) is 14.7. The van der Waals surface area contributed by atoms with Crippen molar-refractivity contribution in [3.63, 3.8) is 0 Å². The molecule has 1 aliphatic rings. The van der Waals surface area contributed by atoms with Crippen molar-refractivity contribution in [2.45, 2.75) is 45.2 Å². The van der Waals surface area contributed by atoms with Gasteiger partial charge in [-0.15, -0.1) is 0 Å². The molecule has 0 atom stereocenters. The summed E-state index contributed by atoms with van der Waals surface area (Å²) in [6, 6.07) is 12.4. The highest BCUT2D eigenvalue weighted by molar-refractivity contribution is 5.92. The number of carbonyl (C=O) groups is 1. The fraction of sp³-hybridized carbons (Fsp3) is 0.438. The number of hydrogen-bond acceptors (Lipinski definition) is 6. The Morgan fingerprint density at radius 2 is 1.67 bits per heavy atom. The molecule has 7 nitrogen and oxygen atoms in total. The van der Waals surface area contributed by atoms with Crippen molar-refractivity contribution < 1.29 is 27.2 Å². The van der Waals surface area contributed by atoms with Crippen LogP contribution >= 0.6 is 0 Å². The molecule has 1 aliphatic heterocycles. The van der Waals surface area contributed by atoms with Gasteiger partial charge in [-0.25, -0.2) is 0 Å². The molecular weight excluding hydrogens is 545 g/mol. The third-order valence-electron chi connectivity index (χ3n) is 6.92. The number of likely N-dealkylation sites (N-methyl/N-ethyl adjacent to an activating group) is 1. The first-order chi connectivity index (χ1) is 19.9. The van der Waals surface area contributed by atoms with Gasteiger partial charge in [0.1, 0.15) is 11.5 Å². The Balaban J connectivity index is 1.32. The predicted molar refractivity (Wildman–Crippen MR) is 155 cm³/mol. The van der Waals surface area contributed by atoms with Crippen LogP contribution in [0.3, 0.4) is 0 Å². The van der Waals surface area contributed by atoms with E-state index in [0.717, 1.165) is 38.8 Å². The summed E-state index contributed by atoms with van der Waals surface area (Å²) in [7, 11) is 2.08. The summed E-state index contributed by atoms with van der Waals surface area (Å²) >= 11 is 0. The summed E-state index contributed by atoms with van der Waals surface area (Å²) in [6.07, 6.45) is -3.85. The van der Waals surface area contributed by atoms with E-state index in [1.807, 2.05) is 20.8 Å². The van der Waals surface area contributed by atoms with E-state index in [4.69, 9.17) is 9.26 Å². The van der Waals surface area contributed by atoms with Crippen molar-refractivity contribution >= 4 is 11.6 Å². The van der Waals surface area contributed by atoms with Gasteiger partial charge < -0.3 is 24.4 Å². The maximum atomic E-state index is 13.8. The molecule has 1 amide bonds. The third kappa shape index (κ3) is 9.10. The zero-order valence-corrected chi connectivity index (χ0v) is 24.5. The van der Waals surface area contributed by atoms with Crippen LogP contribution in [0.1, 0.15) is 55.3 Å². The van der Waals surface area contributed by atoms with E-state index < -0.39 is 11.7 Å². The summed E-state index contributed by atoms with van der Waals surface area (Å²) in [5, 5.41) is 6.76. The van der Waals surface area contributed by atoms with Crippen molar-refractivity contribution in [3.05, 3.63) is 76.7 Å². The number of amides is 1. The van der Waals surface area contributed by atoms with Crippen LogP contribution < -0.4 is 10.1 Å². The van der Waals surface area contributed by atoms with Crippen molar-refractivity contribution in [3.8, 4) is 17.6 Å². The van der Waals surface area contributed by atoms with Crippen LogP contribution in [0.2, 0.25) is 0 Å². The molecule has 0 radical (unpaired) electrons. The number of piperazine rings is 1. The van der Waals surface area contributed by atoms with Crippen LogP contribution in [0, 0.1) is 11.8 Å². The van der Waals surface area contributed by atoms with E-state index in [2.05, 4.69) is 39.2 Å². The van der Waals surface area contributed by atoms with Gasteiger partial charge in [0.2, 0.25) is 5.91 Å². The SMILES string of the molecule is CN1CCN(CCCOc2ccc(C#Cc3ccc(NC(=O)Cc4cc(C(C)(C)C)on4)cc3)cc2C(F)(F)F)CC1. The number of hydrogen-bond donors (Lipinski definition) is 1. The van der Waals surface area contributed by atoms with Crippen molar-refractivity contribution in [2.24, 2.45) is 0 Å². The average molecular weight is 583 g/mol. The average Bonchev–Trinajstić information content (AvgIpc) is 3.40. The van der Waals surface area contributed by atoms with Crippen LogP contribution in [0.25, 0.3) is 0 Å². The van der Waals surface area contributed by atoms with E-state index >= 15 is 0 Å². The highest BCUT2D eigenvalue weighted by Gasteiger charge is 2.34. The Morgan fingerprint density at radius 1 is 1.00 bits per heavy atom. The number of benzene rings is 2. The van der Waals surface area contributed by atoms with E-state index in [0.29, 0.717) is 29.1 Å². The van der Waals surface area contributed by atoms with Gasteiger partial charge in [0.25, 0.3) is 0 Å². The summed E-state index contributed by atoms with van der Waals surface area (Å²) in [5.74, 6) is 5.95. The molecular formula is C32H37F3N4O3. The van der Waals surface area contributed by atoms with Crippen LogP contribution in [0.15, 0.2) is 53.1 Å². The standard InChI is InChI=1S/C32H37F3N4O3/c1-31(2,3)29-21-26(37-42-29)22-30(40)36-25-11-8-23(9-12-25)6-7-24-10-13-28(27(20-24)32(33,34)35)41-19-5-14-39-17-15-38(4)16-18-39/h8-13,20-21H,5,14-19,22H2,1-4H3,(H,36,40). The number of anilines is 1. The lowest BCUT2D eigenvalue weighted by molar-refractivity contribution is -0.139. The van der Waals surface area contributed by atoms with Crippen LogP contribution in [-0.2, 0) is 22.8 Å². The van der Waals surface area contributed by atoms with Crippen LogP contribution in [0.5, 0.6) is 5.75 Å². The van der Waals surface area contributed by atoms with Crippen molar-refractivity contribution in [1.29, 1.82) is 0 Å². The maximum Gasteiger partial charge on any atom is 0.420 e. The molecule has 2 aromatic carbocycles. The lowest BCUT2D eigenvalue weighted by Gasteiger charge is -2.32. The molecule has 0 bridgehead atoms. The minimum Gasteiger partial charge on any atom is -0.493 e. The second-order valence-electron chi connectivity index (χ2n) is 11.5. The van der Waals surface area contributed by atoms with E-state index in [1.54, 1.807) is 30.3 Å². The summed E-state index contributed by atoms with van der Waals surface area (Å²) in [5.41, 5.74) is 0.893. The van der Waals surface area contributed by atoms with Crippen molar-refractivity contribution in [1.82, 2.24) is 15.0 Å². The number of halogens is 3. The Bertz CT molecular complexity index is 1410. The maximum absolute atomic E-state index is 13.8. The lowest BCUT2D eigenvalue weighted by atomic mass is 9.93. The van der Waals surface area contributed by atoms with E-state index in [1.165, 1.54) is 12.1 Å². The molecule has 0 saturated carbocycles. The van der Waals surface area contributed by atoms with Gasteiger partial charge in [0, 0.05) is 61.0 Å². The van der Waals surface area contributed by atoms with Gasteiger partial charge in [-0.05, 0) is 55.9 Å². The minimum atomic E-state index is -4.56. The van der Waals surface area contributed by atoms with Gasteiger partial charge in [0.05, 0.1) is 24.3 Å². The van der Waals surface area contributed by atoms with E-state index in [9.17, 15) is 18.0 Å². The van der Waals surface area contributed by atoms with E-state index in [-0.39, 0.29) is 35.7 Å². The first-order valence-corrected chi connectivity index (χ1v) is 14.0. The molecule has 4 rings (SSSR count). The molecule has 1 fully saturated rings. The molecule has 0 aliphatic carbocycles. The molecule has 42 heavy (non-hydrogen) atoms. The molecule has 10 heteroatoms. The number of nitrogens with one attached hydrogen (secondary N) is 1. The number of alkyl halides is 3. The number of carbonyl (C=O) groups excluding carboxylic acids is 1. The number of rotatable bonds is 8. The number of ether oxygens (including phenoxy) is 1. The Kier molecular flexibility index (Phi) is 9.97. The molecule has 1 aromatic heterocycles. The van der Waals surface area contributed by atoms with Gasteiger partial charge in [-0.3, -0.25) is 4.79 Å². The van der Waals surface area contributed by atoms with Gasteiger partial charge in [-0.2, -0.15) is 13.2 Å². The Labute approximate surface area is 245 Å². The monoisotopic (exact) mass is 582 g/mol. The lowest BCUT2D eigenvalue weighted by Crippen LogP contribution is -2.44. The quantitative estimate of drug-likeness (QED) is 0.276. The largest absolute Gasteiger partial charge is 0.493 e. The predicted octanol–water partition coefficient (Wildman–Crippen LogP) is 5.59. The van der Waals surface area contributed by atoms with Crippen LogP contribution in [-0.4, -0.2) is 67.2 Å². The molecule has 0 unspecified atom stereocenters. The summed E-state index contributed by atoms with van der Waals surface area (Å²) in [4.78, 5) is 17.0. The molecule has 3 aromatic rings. The van der Waals surface area contributed by atoms with Gasteiger partial charge in [0.15, 0.2) is 0 Å². The molecule has 1 N–H and O–H groups in total. The molecule has 1 saturated heterocycles. The van der Waals surface area contributed by atoms with Crippen molar-refractivity contribution in [2.75, 3.05) is 51.7 Å². The first-order valence-electron chi connectivity index (χ1n) is 14.0. The number of aromatic nitrogens is 1. The second-order valence-corrected chi connectivity index (χ2v) is 11.5. The zero-order chi connectivity index (χ0) is 30.3. The third-order valence-corrected chi connectivity index (χ3v) is 6.92. The fourth-order valence-corrected chi connectivity index (χ4v) is 4.40. The zero-order valence-electron chi connectivity index (χ0n) is 24.5. The molecule has 2 heterocycles. The summed E-state index contributed by atoms with van der Waals surface area (Å²) < 4.78 is 52.2. The van der Waals surface area contributed by atoms with Crippen LogP contribution in [0.4, 0.5) is 18.9 Å². The summed E-state index contributed by atoms with van der Waals surface area (Å²) in [6.45, 7) is 10.9. The molecule has 0 spiro atoms. The fourth-order valence-electron chi connectivity index (χ4n) is 4.40.